The highest BCUT2D eigenvalue weighted by molar-refractivity contribution is 7.99. The number of nitrogens with zero attached hydrogens (tertiary/aromatic N) is 2. The molecule has 112 valence electrons. The Morgan fingerprint density at radius 2 is 2.14 bits per heavy atom. The maximum atomic E-state index is 12.8. The van der Waals surface area contributed by atoms with Crippen molar-refractivity contribution in [3.8, 4) is 0 Å². The lowest BCUT2D eigenvalue weighted by molar-refractivity contribution is 0.476. The molecule has 3 rings (SSSR count). The molecule has 4 nitrogen and oxygen atoms in total. The van der Waals surface area contributed by atoms with E-state index < -0.39 is 0 Å². The lowest BCUT2D eigenvalue weighted by Crippen LogP contribution is -2.23. The monoisotopic (exact) mass is 312 g/mol. The highest BCUT2D eigenvalue weighted by Crippen LogP contribution is 2.20. The summed E-state index contributed by atoms with van der Waals surface area (Å²) >= 11 is 1.52. The van der Waals surface area contributed by atoms with Gasteiger partial charge in [0, 0.05) is 5.75 Å². The maximum absolute atomic E-state index is 12.8. The molecule has 0 atom stereocenters. The van der Waals surface area contributed by atoms with Crippen LogP contribution in [0.4, 0.5) is 0 Å². The number of furan rings is 1. The van der Waals surface area contributed by atoms with Crippen molar-refractivity contribution < 1.29 is 4.42 Å². The van der Waals surface area contributed by atoms with E-state index in [1.807, 2.05) is 37.3 Å². The molecule has 0 spiro atoms. The van der Waals surface area contributed by atoms with Gasteiger partial charge < -0.3 is 4.42 Å². The van der Waals surface area contributed by atoms with Gasteiger partial charge in [-0.1, -0.05) is 36.0 Å². The highest BCUT2D eigenvalue weighted by Gasteiger charge is 2.12. The maximum Gasteiger partial charge on any atom is 0.262 e. The lowest BCUT2D eigenvalue weighted by Gasteiger charge is -2.12. The van der Waals surface area contributed by atoms with Gasteiger partial charge in [0.25, 0.3) is 5.56 Å². The fraction of sp³-hybridized carbons (Fsp3) is 0.176. The SMILES string of the molecule is C=C(C)CSc1nc2ccccc2c(=O)n1Cc1ccco1. The molecule has 0 aliphatic heterocycles. The van der Waals surface area contributed by atoms with E-state index in [1.54, 1.807) is 16.9 Å². The van der Waals surface area contributed by atoms with Crippen LogP contribution in [0.3, 0.4) is 0 Å². The summed E-state index contributed by atoms with van der Waals surface area (Å²) in [4.78, 5) is 17.4. The van der Waals surface area contributed by atoms with Gasteiger partial charge in [0.05, 0.1) is 23.7 Å². The molecule has 2 aromatic heterocycles. The Kier molecular flexibility index (Phi) is 4.15. The minimum atomic E-state index is -0.0498. The van der Waals surface area contributed by atoms with E-state index in [0.29, 0.717) is 22.6 Å². The molecule has 0 fully saturated rings. The number of hydrogen-bond acceptors (Lipinski definition) is 4. The second-order valence-corrected chi connectivity index (χ2v) is 6.07. The topological polar surface area (TPSA) is 48.0 Å². The van der Waals surface area contributed by atoms with E-state index in [-0.39, 0.29) is 5.56 Å². The van der Waals surface area contributed by atoms with Crippen molar-refractivity contribution in [2.24, 2.45) is 0 Å². The number of aromatic nitrogens is 2. The van der Waals surface area contributed by atoms with Gasteiger partial charge >= 0.3 is 0 Å². The number of benzene rings is 1. The number of rotatable bonds is 5. The van der Waals surface area contributed by atoms with Gasteiger partial charge in [0.1, 0.15) is 5.76 Å². The number of fused-ring (bicyclic) bond motifs is 1. The quantitative estimate of drug-likeness (QED) is 0.409. The third-order valence-electron chi connectivity index (χ3n) is 3.17. The fourth-order valence-corrected chi connectivity index (χ4v) is 2.99. The van der Waals surface area contributed by atoms with Crippen LogP contribution in [0, 0.1) is 0 Å². The van der Waals surface area contributed by atoms with Crippen molar-refractivity contribution in [3.63, 3.8) is 0 Å². The van der Waals surface area contributed by atoms with Gasteiger partial charge in [-0.05, 0) is 31.2 Å². The minimum absolute atomic E-state index is 0.0498. The third kappa shape index (κ3) is 2.99. The summed E-state index contributed by atoms with van der Waals surface area (Å²) in [5.41, 5.74) is 1.70. The molecule has 0 N–H and O–H groups in total. The van der Waals surface area contributed by atoms with E-state index >= 15 is 0 Å². The van der Waals surface area contributed by atoms with Gasteiger partial charge in [-0.15, -0.1) is 0 Å². The Balaban J connectivity index is 2.12. The van der Waals surface area contributed by atoms with Crippen molar-refractivity contribution in [3.05, 3.63) is 70.9 Å². The van der Waals surface area contributed by atoms with Gasteiger partial charge in [-0.2, -0.15) is 0 Å². The van der Waals surface area contributed by atoms with Gasteiger partial charge in [0.15, 0.2) is 5.16 Å². The first kappa shape index (κ1) is 14.7. The van der Waals surface area contributed by atoms with E-state index in [0.717, 1.165) is 17.1 Å². The fourth-order valence-electron chi connectivity index (χ4n) is 2.14. The molecule has 0 aliphatic carbocycles. The van der Waals surface area contributed by atoms with E-state index in [2.05, 4.69) is 11.6 Å². The zero-order chi connectivity index (χ0) is 15.5. The molecule has 22 heavy (non-hydrogen) atoms. The van der Waals surface area contributed by atoms with Crippen LogP contribution in [0.25, 0.3) is 10.9 Å². The summed E-state index contributed by atoms with van der Waals surface area (Å²) < 4.78 is 7.03. The standard InChI is InChI=1S/C17H16N2O2S/c1-12(2)11-22-17-18-15-8-4-3-7-14(15)16(20)19(17)10-13-6-5-9-21-13/h3-9H,1,10-11H2,2H3. The number of para-hydroxylation sites is 1. The van der Waals surface area contributed by atoms with Crippen molar-refractivity contribution in [1.82, 2.24) is 9.55 Å². The molecular weight excluding hydrogens is 296 g/mol. The lowest BCUT2D eigenvalue weighted by atomic mass is 10.2. The average Bonchev–Trinajstić information content (AvgIpc) is 3.01. The van der Waals surface area contributed by atoms with Crippen molar-refractivity contribution in [2.45, 2.75) is 18.6 Å². The summed E-state index contributed by atoms with van der Waals surface area (Å²) in [7, 11) is 0. The summed E-state index contributed by atoms with van der Waals surface area (Å²) in [5, 5.41) is 1.30. The van der Waals surface area contributed by atoms with Crippen LogP contribution < -0.4 is 5.56 Å². The second kappa shape index (κ2) is 6.23. The predicted molar refractivity (Wildman–Crippen MR) is 89.4 cm³/mol. The van der Waals surface area contributed by atoms with Crippen LogP contribution in [0.15, 0.2) is 69.2 Å². The zero-order valence-electron chi connectivity index (χ0n) is 12.3. The van der Waals surface area contributed by atoms with E-state index in [1.165, 1.54) is 11.8 Å². The molecule has 0 saturated carbocycles. The molecule has 0 amide bonds. The Morgan fingerprint density at radius 3 is 2.86 bits per heavy atom. The molecule has 0 aliphatic rings. The first-order chi connectivity index (χ1) is 10.6. The van der Waals surface area contributed by atoms with Crippen LogP contribution in [-0.4, -0.2) is 15.3 Å². The molecular formula is C17H16N2O2S. The summed E-state index contributed by atoms with van der Waals surface area (Å²) in [6, 6.07) is 11.1. The molecule has 1 aromatic carbocycles. The molecule has 2 heterocycles. The van der Waals surface area contributed by atoms with Crippen molar-refractivity contribution in [2.75, 3.05) is 5.75 Å². The Labute approximate surface area is 132 Å². The largest absolute Gasteiger partial charge is 0.467 e. The molecule has 5 heteroatoms. The Morgan fingerprint density at radius 1 is 1.32 bits per heavy atom. The molecule has 0 saturated heterocycles. The summed E-state index contributed by atoms with van der Waals surface area (Å²) in [6.07, 6.45) is 1.61. The Hall–Kier alpha value is -2.27. The number of hydrogen-bond donors (Lipinski definition) is 0. The van der Waals surface area contributed by atoms with E-state index in [4.69, 9.17) is 4.42 Å². The minimum Gasteiger partial charge on any atom is -0.467 e. The predicted octanol–water partition coefficient (Wildman–Crippen LogP) is 3.71. The summed E-state index contributed by atoms with van der Waals surface area (Å²) in [5.74, 6) is 1.46. The average molecular weight is 312 g/mol. The van der Waals surface area contributed by atoms with Crippen molar-refractivity contribution in [1.29, 1.82) is 0 Å². The van der Waals surface area contributed by atoms with Crippen LogP contribution >= 0.6 is 11.8 Å². The molecule has 0 bridgehead atoms. The van der Waals surface area contributed by atoms with Crippen molar-refractivity contribution >= 4 is 22.7 Å². The molecule has 3 aromatic rings. The first-order valence-corrected chi connectivity index (χ1v) is 7.93. The van der Waals surface area contributed by atoms with Gasteiger partial charge in [0.2, 0.25) is 0 Å². The first-order valence-electron chi connectivity index (χ1n) is 6.94. The van der Waals surface area contributed by atoms with E-state index in [9.17, 15) is 4.79 Å². The van der Waals surface area contributed by atoms with Gasteiger partial charge in [-0.3, -0.25) is 9.36 Å². The smallest absolute Gasteiger partial charge is 0.262 e. The van der Waals surface area contributed by atoms with Crippen LogP contribution in [0.1, 0.15) is 12.7 Å². The third-order valence-corrected chi connectivity index (χ3v) is 4.38. The van der Waals surface area contributed by atoms with Crippen LogP contribution in [-0.2, 0) is 6.54 Å². The van der Waals surface area contributed by atoms with Crippen LogP contribution in [0.5, 0.6) is 0 Å². The normalized spacial score (nSPS) is 11.0. The van der Waals surface area contributed by atoms with Crippen LogP contribution in [0.2, 0.25) is 0 Å². The second-order valence-electron chi connectivity index (χ2n) is 5.13. The molecule has 0 radical (unpaired) electrons. The van der Waals surface area contributed by atoms with Gasteiger partial charge in [-0.25, -0.2) is 4.98 Å². The Bertz CT molecular complexity index is 866. The zero-order valence-corrected chi connectivity index (χ0v) is 13.1. The number of thioether (sulfide) groups is 1. The highest BCUT2D eigenvalue weighted by atomic mass is 32.2. The summed E-state index contributed by atoms with van der Waals surface area (Å²) in [6.45, 7) is 6.24. The molecule has 0 unspecified atom stereocenters.